The first-order valence-electron chi connectivity index (χ1n) is 5.35. The van der Waals surface area contributed by atoms with Crippen LogP contribution in [0.1, 0.15) is 31.0 Å². The van der Waals surface area contributed by atoms with Gasteiger partial charge < -0.3 is 9.55 Å². The van der Waals surface area contributed by atoms with E-state index in [9.17, 15) is 0 Å². The van der Waals surface area contributed by atoms with Gasteiger partial charge in [0.05, 0.1) is 6.54 Å². The molecule has 2 heterocycles. The standard InChI is InChI=1S/C12H15N3S/c1-9(2)11-7-14-12(16)15(11)8-10-3-5-13-6-4-10/h3-7,9H,8H2,1-2H3,(H,14,16). The molecule has 0 aromatic carbocycles. The molecule has 0 aliphatic rings. The predicted molar refractivity (Wildman–Crippen MR) is 67.0 cm³/mol. The lowest BCUT2D eigenvalue weighted by Crippen LogP contribution is -2.05. The van der Waals surface area contributed by atoms with Crippen LogP contribution in [0.4, 0.5) is 0 Å². The molecule has 2 aromatic rings. The van der Waals surface area contributed by atoms with Crippen molar-refractivity contribution in [3.8, 4) is 0 Å². The third-order valence-corrected chi connectivity index (χ3v) is 2.92. The maximum atomic E-state index is 5.28. The molecule has 0 aliphatic carbocycles. The van der Waals surface area contributed by atoms with Gasteiger partial charge in [-0.25, -0.2) is 0 Å². The van der Waals surface area contributed by atoms with E-state index < -0.39 is 0 Å². The van der Waals surface area contributed by atoms with Crippen LogP contribution in [0.3, 0.4) is 0 Å². The molecule has 0 spiro atoms. The lowest BCUT2D eigenvalue weighted by atomic mass is 10.1. The second-order valence-corrected chi connectivity index (χ2v) is 4.50. The summed E-state index contributed by atoms with van der Waals surface area (Å²) in [5.41, 5.74) is 2.45. The summed E-state index contributed by atoms with van der Waals surface area (Å²) in [6.45, 7) is 5.14. The van der Waals surface area contributed by atoms with Gasteiger partial charge in [0.25, 0.3) is 0 Å². The van der Waals surface area contributed by atoms with Gasteiger partial charge in [-0.15, -0.1) is 0 Å². The Hall–Kier alpha value is -1.42. The quantitative estimate of drug-likeness (QED) is 0.826. The van der Waals surface area contributed by atoms with Crippen LogP contribution < -0.4 is 0 Å². The number of aromatic nitrogens is 3. The summed E-state index contributed by atoms with van der Waals surface area (Å²) in [4.78, 5) is 7.11. The van der Waals surface area contributed by atoms with Crippen molar-refractivity contribution in [2.75, 3.05) is 0 Å². The van der Waals surface area contributed by atoms with Crippen molar-refractivity contribution in [2.45, 2.75) is 26.3 Å². The molecule has 0 atom stereocenters. The third-order valence-electron chi connectivity index (χ3n) is 2.58. The van der Waals surface area contributed by atoms with Gasteiger partial charge in [0.15, 0.2) is 4.77 Å². The minimum Gasteiger partial charge on any atom is -0.337 e. The first-order valence-corrected chi connectivity index (χ1v) is 5.76. The van der Waals surface area contributed by atoms with Crippen LogP contribution in [-0.2, 0) is 6.54 Å². The number of hydrogen-bond donors (Lipinski definition) is 1. The Kier molecular flexibility index (Phi) is 3.19. The Labute approximate surface area is 100 Å². The molecule has 84 valence electrons. The molecule has 0 fully saturated rings. The summed E-state index contributed by atoms with van der Waals surface area (Å²) in [7, 11) is 0. The molecule has 0 amide bonds. The smallest absolute Gasteiger partial charge is 0.177 e. The third kappa shape index (κ3) is 2.22. The molecule has 4 heteroatoms. The number of rotatable bonds is 3. The van der Waals surface area contributed by atoms with Crippen LogP contribution >= 0.6 is 12.2 Å². The number of pyridine rings is 1. The molecule has 2 aromatic heterocycles. The minimum absolute atomic E-state index is 0.467. The Morgan fingerprint density at radius 2 is 2.06 bits per heavy atom. The summed E-state index contributed by atoms with van der Waals surface area (Å²) in [6.07, 6.45) is 5.61. The average molecular weight is 233 g/mol. The highest BCUT2D eigenvalue weighted by Gasteiger charge is 2.07. The monoisotopic (exact) mass is 233 g/mol. The Morgan fingerprint density at radius 1 is 1.38 bits per heavy atom. The maximum Gasteiger partial charge on any atom is 0.177 e. The van der Waals surface area contributed by atoms with Crippen molar-refractivity contribution >= 4 is 12.2 Å². The van der Waals surface area contributed by atoms with Gasteiger partial charge in [0, 0.05) is 24.3 Å². The molecule has 2 rings (SSSR count). The van der Waals surface area contributed by atoms with E-state index in [1.165, 1.54) is 11.3 Å². The zero-order chi connectivity index (χ0) is 11.5. The van der Waals surface area contributed by atoms with E-state index in [1.807, 2.05) is 18.3 Å². The van der Waals surface area contributed by atoms with Crippen LogP contribution in [0.5, 0.6) is 0 Å². The number of nitrogens with one attached hydrogen (secondary N) is 1. The number of nitrogens with zero attached hydrogens (tertiary/aromatic N) is 2. The molecule has 0 bridgehead atoms. The van der Waals surface area contributed by atoms with Gasteiger partial charge in [-0.2, -0.15) is 0 Å². The molecular weight excluding hydrogens is 218 g/mol. The van der Waals surface area contributed by atoms with Crippen LogP contribution in [-0.4, -0.2) is 14.5 Å². The summed E-state index contributed by atoms with van der Waals surface area (Å²) in [5.74, 6) is 0.467. The Morgan fingerprint density at radius 3 is 2.69 bits per heavy atom. The van der Waals surface area contributed by atoms with Crippen molar-refractivity contribution in [1.82, 2.24) is 14.5 Å². The average Bonchev–Trinajstić information content (AvgIpc) is 2.62. The van der Waals surface area contributed by atoms with Crippen LogP contribution in [0, 0.1) is 4.77 Å². The number of H-pyrrole nitrogens is 1. The fraction of sp³-hybridized carbons (Fsp3) is 0.333. The topological polar surface area (TPSA) is 33.6 Å². The van der Waals surface area contributed by atoms with E-state index >= 15 is 0 Å². The van der Waals surface area contributed by atoms with Crippen LogP contribution in [0.2, 0.25) is 0 Å². The Balaban J connectivity index is 2.34. The molecule has 0 aliphatic heterocycles. The molecule has 3 nitrogen and oxygen atoms in total. The second-order valence-electron chi connectivity index (χ2n) is 4.12. The normalized spacial score (nSPS) is 10.9. The molecule has 0 saturated carbocycles. The van der Waals surface area contributed by atoms with Crippen molar-refractivity contribution in [3.63, 3.8) is 0 Å². The Bertz CT molecular complexity index is 511. The van der Waals surface area contributed by atoms with Gasteiger partial charge in [-0.05, 0) is 35.8 Å². The van der Waals surface area contributed by atoms with E-state index in [4.69, 9.17) is 12.2 Å². The maximum absolute atomic E-state index is 5.28. The SMILES string of the molecule is CC(C)c1c[nH]c(=S)n1Cc1ccncc1. The second kappa shape index (κ2) is 4.61. The fourth-order valence-corrected chi connectivity index (χ4v) is 1.95. The molecule has 0 saturated heterocycles. The van der Waals surface area contributed by atoms with Crippen molar-refractivity contribution in [3.05, 3.63) is 46.8 Å². The zero-order valence-electron chi connectivity index (χ0n) is 9.47. The summed E-state index contributed by atoms with van der Waals surface area (Å²) in [6, 6.07) is 4.03. The van der Waals surface area contributed by atoms with E-state index in [1.54, 1.807) is 12.4 Å². The van der Waals surface area contributed by atoms with Crippen LogP contribution in [0.15, 0.2) is 30.7 Å². The largest absolute Gasteiger partial charge is 0.337 e. The summed E-state index contributed by atoms with van der Waals surface area (Å²) < 4.78 is 2.91. The van der Waals surface area contributed by atoms with Crippen molar-refractivity contribution in [1.29, 1.82) is 0 Å². The first-order chi connectivity index (χ1) is 7.68. The van der Waals surface area contributed by atoms with Crippen LogP contribution in [0.25, 0.3) is 0 Å². The molecule has 0 unspecified atom stereocenters. The van der Waals surface area contributed by atoms with Gasteiger partial charge in [-0.1, -0.05) is 13.8 Å². The molecule has 0 radical (unpaired) electrons. The number of aromatic amines is 1. The van der Waals surface area contributed by atoms with E-state index in [0.717, 1.165) is 11.3 Å². The molecular formula is C12H15N3S. The molecule has 16 heavy (non-hydrogen) atoms. The van der Waals surface area contributed by atoms with E-state index in [-0.39, 0.29) is 0 Å². The van der Waals surface area contributed by atoms with Gasteiger partial charge in [0.2, 0.25) is 0 Å². The first kappa shape index (κ1) is 11.1. The summed E-state index contributed by atoms with van der Waals surface area (Å²) in [5, 5.41) is 0. The highest BCUT2D eigenvalue weighted by Crippen LogP contribution is 2.16. The fourth-order valence-electron chi connectivity index (χ4n) is 1.72. The highest BCUT2D eigenvalue weighted by atomic mass is 32.1. The van der Waals surface area contributed by atoms with E-state index in [2.05, 4.69) is 28.4 Å². The van der Waals surface area contributed by atoms with E-state index in [0.29, 0.717) is 5.92 Å². The van der Waals surface area contributed by atoms with Gasteiger partial charge in [0.1, 0.15) is 0 Å². The minimum atomic E-state index is 0.467. The number of hydrogen-bond acceptors (Lipinski definition) is 2. The van der Waals surface area contributed by atoms with Crippen molar-refractivity contribution < 1.29 is 0 Å². The zero-order valence-corrected chi connectivity index (χ0v) is 10.3. The summed E-state index contributed by atoms with van der Waals surface area (Å²) >= 11 is 5.28. The molecule has 1 N–H and O–H groups in total. The lowest BCUT2D eigenvalue weighted by molar-refractivity contribution is 0.684. The number of imidazole rings is 1. The van der Waals surface area contributed by atoms with Gasteiger partial charge in [-0.3, -0.25) is 4.98 Å². The van der Waals surface area contributed by atoms with Crippen molar-refractivity contribution in [2.24, 2.45) is 0 Å². The predicted octanol–water partition coefficient (Wildman–Crippen LogP) is 3.11. The lowest BCUT2D eigenvalue weighted by Gasteiger charge is -2.10. The van der Waals surface area contributed by atoms with Gasteiger partial charge >= 0.3 is 0 Å². The highest BCUT2D eigenvalue weighted by molar-refractivity contribution is 7.71.